The highest BCUT2D eigenvalue weighted by Gasteiger charge is 2.26. The number of carboxylic acids is 1. The van der Waals surface area contributed by atoms with E-state index in [1.54, 1.807) is 12.1 Å². The monoisotopic (exact) mass is 286 g/mol. The van der Waals surface area contributed by atoms with E-state index in [1.807, 2.05) is 0 Å². The van der Waals surface area contributed by atoms with Crippen molar-refractivity contribution < 1.29 is 23.1 Å². The number of hydrogen-bond acceptors (Lipinski definition) is 5. The number of amides is 1. The maximum absolute atomic E-state index is 11.8. The molecule has 0 aromatic carbocycles. The molecule has 1 rings (SSSR count). The Kier molecular flexibility index (Phi) is 4.99. The molecule has 1 atom stereocenters. The number of rotatable bonds is 6. The number of carboxylic acid groups (broad SMARTS) is 1. The van der Waals surface area contributed by atoms with Gasteiger partial charge in [0.05, 0.1) is 17.2 Å². The van der Waals surface area contributed by atoms with Crippen molar-refractivity contribution in [3.05, 3.63) is 30.1 Å². The first kappa shape index (κ1) is 15.1. The van der Waals surface area contributed by atoms with Crippen LogP contribution in [0.3, 0.4) is 0 Å². The van der Waals surface area contributed by atoms with Gasteiger partial charge in [0.25, 0.3) is 0 Å². The van der Waals surface area contributed by atoms with Crippen LogP contribution in [0.25, 0.3) is 0 Å². The van der Waals surface area contributed by atoms with Crippen LogP contribution in [0.2, 0.25) is 0 Å². The minimum Gasteiger partial charge on any atom is -0.480 e. The maximum atomic E-state index is 11.8. The molecule has 1 amide bonds. The molecular weight excluding hydrogens is 272 g/mol. The standard InChI is InChI=1S/C11H14N2O5S/c1-8(14)13-10(11(15)16)7-19(17,18)6-9-4-2-3-5-12-9/h2-5,10H,6-7H2,1H3,(H,13,14)(H,15,16)/t10-/m0/s1. The van der Waals surface area contributed by atoms with Gasteiger partial charge in [-0.25, -0.2) is 13.2 Å². The van der Waals surface area contributed by atoms with E-state index in [0.29, 0.717) is 5.69 Å². The summed E-state index contributed by atoms with van der Waals surface area (Å²) in [5.74, 6) is -3.02. The minimum atomic E-state index is -3.68. The fraction of sp³-hybridized carbons (Fsp3) is 0.364. The second-order valence-corrected chi connectivity index (χ2v) is 6.08. The molecule has 0 bridgehead atoms. The number of pyridine rings is 1. The summed E-state index contributed by atoms with van der Waals surface area (Å²) in [6, 6.07) is 3.37. The molecule has 2 N–H and O–H groups in total. The molecule has 19 heavy (non-hydrogen) atoms. The van der Waals surface area contributed by atoms with Crippen LogP contribution < -0.4 is 5.32 Å². The van der Waals surface area contributed by atoms with Crippen LogP contribution in [0.15, 0.2) is 24.4 Å². The molecule has 0 aliphatic rings. The minimum absolute atomic E-state index is 0.328. The lowest BCUT2D eigenvalue weighted by Crippen LogP contribution is -2.44. The van der Waals surface area contributed by atoms with E-state index in [9.17, 15) is 18.0 Å². The molecular formula is C11H14N2O5S. The largest absolute Gasteiger partial charge is 0.480 e. The Morgan fingerprint density at radius 3 is 2.58 bits per heavy atom. The Morgan fingerprint density at radius 1 is 1.42 bits per heavy atom. The molecule has 1 aromatic rings. The van der Waals surface area contributed by atoms with Crippen LogP contribution in [-0.2, 0) is 25.2 Å². The molecule has 0 radical (unpaired) electrons. The number of carbonyl (C=O) groups is 2. The van der Waals surface area contributed by atoms with Crippen LogP contribution in [0, 0.1) is 0 Å². The smallest absolute Gasteiger partial charge is 0.327 e. The third kappa shape index (κ3) is 5.47. The van der Waals surface area contributed by atoms with Crippen molar-refractivity contribution in [2.24, 2.45) is 0 Å². The number of aliphatic carboxylic acids is 1. The predicted octanol–water partition coefficient (Wildman–Crippen LogP) is -0.414. The summed E-state index contributed by atoms with van der Waals surface area (Å²) >= 11 is 0. The van der Waals surface area contributed by atoms with E-state index in [4.69, 9.17) is 5.11 Å². The van der Waals surface area contributed by atoms with Gasteiger partial charge in [0.15, 0.2) is 9.84 Å². The summed E-state index contributed by atoms with van der Waals surface area (Å²) in [5, 5.41) is 10.9. The first-order chi connectivity index (χ1) is 8.80. The van der Waals surface area contributed by atoms with Gasteiger partial charge in [-0.1, -0.05) is 6.07 Å². The number of hydrogen-bond donors (Lipinski definition) is 2. The topological polar surface area (TPSA) is 113 Å². The van der Waals surface area contributed by atoms with E-state index >= 15 is 0 Å². The van der Waals surface area contributed by atoms with E-state index in [1.165, 1.54) is 12.3 Å². The first-order valence-electron chi connectivity index (χ1n) is 5.40. The number of carbonyl (C=O) groups excluding carboxylic acids is 1. The summed E-state index contributed by atoms with van der Waals surface area (Å²) in [6.07, 6.45) is 1.45. The summed E-state index contributed by atoms with van der Waals surface area (Å²) < 4.78 is 23.7. The predicted molar refractivity (Wildman–Crippen MR) is 67.0 cm³/mol. The first-order valence-corrected chi connectivity index (χ1v) is 7.22. The van der Waals surface area contributed by atoms with Gasteiger partial charge >= 0.3 is 5.97 Å². The molecule has 0 spiro atoms. The zero-order valence-corrected chi connectivity index (χ0v) is 11.1. The fourth-order valence-corrected chi connectivity index (χ4v) is 2.91. The van der Waals surface area contributed by atoms with Gasteiger partial charge in [-0.2, -0.15) is 0 Å². The average Bonchev–Trinajstić information content (AvgIpc) is 2.27. The molecule has 1 heterocycles. The fourth-order valence-electron chi connectivity index (χ4n) is 1.44. The van der Waals surface area contributed by atoms with Crippen molar-refractivity contribution in [2.45, 2.75) is 18.7 Å². The third-order valence-corrected chi connectivity index (χ3v) is 3.77. The summed E-state index contributed by atoms with van der Waals surface area (Å²) in [6.45, 7) is 1.13. The van der Waals surface area contributed by atoms with Gasteiger partial charge in [0.2, 0.25) is 5.91 Å². The van der Waals surface area contributed by atoms with E-state index in [2.05, 4.69) is 10.3 Å². The number of aromatic nitrogens is 1. The highest BCUT2D eigenvalue weighted by atomic mass is 32.2. The third-order valence-electron chi connectivity index (χ3n) is 2.19. The van der Waals surface area contributed by atoms with Crippen molar-refractivity contribution in [1.82, 2.24) is 10.3 Å². The molecule has 0 saturated heterocycles. The average molecular weight is 286 g/mol. The SMILES string of the molecule is CC(=O)N[C@@H](CS(=O)(=O)Cc1ccccn1)C(=O)O. The maximum Gasteiger partial charge on any atom is 0.327 e. The zero-order valence-electron chi connectivity index (χ0n) is 10.2. The normalized spacial score (nSPS) is 12.7. The molecule has 8 heteroatoms. The molecule has 0 fully saturated rings. The lowest BCUT2D eigenvalue weighted by Gasteiger charge is -2.13. The molecule has 0 aliphatic carbocycles. The lowest BCUT2D eigenvalue weighted by molar-refractivity contribution is -0.140. The van der Waals surface area contributed by atoms with Crippen LogP contribution >= 0.6 is 0 Å². The quantitative estimate of drug-likeness (QED) is 0.734. The van der Waals surface area contributed by atoms with Gasteiger partial charge in [-0.3, -0.25) is 9.78 Å². The molecule has 1 aromatic heterocycles. The van der Waals surface area contributed by atoms with Crippen LogP contribution in [0.4, 0.5) is 0 Å². The van der Waals surface area contributed by atoms with Crippen molar-refractivity contribution in [3.63, 3.8) is 0 Å². The molecule has 0 saturated carbocycles. The number of nitrogens with zero attached hydrogens (tertiary/aromatic N) is 1. The van der Waals surface area contributed by atoms with Crippen molar-refractivity contribution >= 4 is 21.7 Å². The van der Waals surface area contributed by atoms with E-state index in [-0.39, 0.29) is 5.75 Å². The van der Waals surface area contributed by atoms with Crippen molar-refractivity contribution in [3.8, 4) is 0 Å². The molecule has 7 nitrogen and oxygen atoms in total. The Bertz CT molecular complexity index is 556. The van der Waals surface area contributed by atoms with Crippen molar-refractivity contribution in [1.29, 1.82) is 0 Å². The lowest BCUT2D eigenvalue weighted by atomic mass is 10.3. The summed E-state index contributed by atoms with van der Waals surface area (Å²) in [7, 11) is -3.68. The summed E-state index contributed by atoms with van der Waals surface area (Å²) in [4.78, 5) is 25.6. The summed E-state index contributed by atoms with van der Waals surface area (Å²) in [5.41, 5.74) is 0.328. The highest BCUT2D eigenvalue weighted by Crippen LogP contribution is 2.05. The van der Waals surface area contributed by atoms with Gasteiger partial charge in [0, 0.05) is 13.1 Å². The van der Waals surface area contributed by atoms with Crippen molar-refractivity contribution in [2.75, 3.05) is 5.75 Å². The Morgan fingerprint density at radius 2 is 2.11 bits per heavy atom. The van der Waals surface area contributed by atoms with Gasteiger partial charge in [-0.15, -0.1) is 0 Å². The van der Waals surface area contributed by atoms with Crippen LogP contribution in [0.1, 0.15) is 12.6 Å². The molecule has 104 valence electrons. The van der Waals surface area contributed by atoms with Crippen LogP contribution in [-0.4, -0.2) is 42.2 Å². The molecule has 0 unspecified atom stereocenters. The molecule has 0 aliphatic heterocycles. The Balaban J connectivity index is 2.77. The van der Waals surface area contributed by atoms with Gasteiger partial charge in [0.1, 0.15) is 6.04 Å². The number of sulfone groups is 1. The second-order valence-electron chi connectivity index (χ2n) is 3.97. The number of nitrogens with one attached hydrogen (secondary N) is 1. The van der Waals surface area contributed by atoms with E-state index < -0.39 is 33.5 Å². The highest BCUT2D eigenvalue weighted by molar-refractivity contribution is 7.90. The zero-order chi connectivity index (χ0) is 14.5. The van der Waals surface area contributed by atoms with Crippen LogP contribution in [0.5, 0.6) is 0 Å². The van der Waals surface area contributed by atoms with E-state index in [0.717, 1.165) is 6.92 Å². The Hall–Kier alpha value is -1.96. The van der Waals surface area contributed by atoms with Gasteiger partial charge in [-0.05, 0) is 12.1 Å². The second kappa shape index (κ2) is 6.28. The Labute approximate surface area is 110 Å². The van der Waals surface area contributed by atoms with Gasteiger partial charge < -0.3 is 10.4 Å².